The predicted molar refractivity (Wildman–Crippen MR) is 72.2 cm³/mol. The quantitative estimate of drug-likeness (QED) is 0.847. The molecule has 1 atom stereocenters. The van der Waals surface area contributed by atoms with Crippen LogP contribution in [-0.2, 0) is 11.2 Å². The van der Waals surface area contributed by atoms with E-state index in [0.717, 1.165) is 37.9 Å². The summed E-state index contributed by atoms with van der Waals surface area (Å²) in [6, 6.07) is 3.66. The van der Waals surface area contributed by atoms with Gasteiger partial charge in [0.25, 0.3) is 0 Å². The van der Waals surface area contributed by atoms with Crippen molar-refractivity contribution >= 4 is 11.6 Å². The molecule has 1 aromatic rings. The number of rotatable bonds is 4. The Morgan fingerprint density at radius 2 is 2.44 bits per heavy atom. The summed E-state index contributed by atoms with van der Waals surface area (Å²) in [6.07, 6.45) is 5.10. The second-order valence-electron chi connectivity index (χ2n) is 5.10. The third kappa shape index (κ3) is 2.70. The van der Waals surface area contributed by atoms with Crippen LogP contribution in [0.5, 0.6) is 0 Å². The Morgan fingerprint density at radius 1 is 1.61 bits per heavy atom. The zero-order chi connectivity index (χ0) is 13.0. The molecular formula is C14H21N3O. The van der Waals surface area contributed by atoms with E-state index in [9.17, 15) is 4.79 Å². The van der Waals surface area contributed by atoms with Crippen LogP contribution in [0.2, 0.25) is 0 Å². The van der Waals surface area contributed by atoms with Gasteiger partial charge < -0.3 is 11.1 Å². The largest absolute Gasteiger partial charge is 0.384 e. The third-order valence-electron chi connectivity index (χ3n) is 3.95. The number of nitrogens with zero attached hydrogens (tertiary/aromatic N) is 1. The molecule has 0 saturated carbocycles. The number of piperidine rings is 1. The van der Waals surface area contributed by atoms with Crippen molar-refractivity contribution < 1.29 is 4.79 Å². The molecule has 2 heterocycles. The van der Waals surface area contributed by atoms with E-state index in [0.29, 0.717) is 18.0 Å². The first-order valence-electron chi connectivity index (χ1n) is 6.61. The van der Waals surface area contributed by atoms with Gasteiger partial charge in [0.1, 0.15) is 11.6 Å². The first kappa shape index (κ1) is 13.0. The monoisotopic (exact) mass is 247 g/mol. The van der Waals surface area contributed by atoms with E-state index in [4.69, 9.17) is 5.73 Å². The molecular weight excluding hydrogens is 226 g/mol. The van der Waals surface area contributed by atoms with Gasteiger partial charge in [0.15, 0.2) is 0 Å². The zero-order valence-corrected chi connectivity index (χ0v) is 10.9. The molecule has 2 rings (SSSR count). The second-order valence-corrected chi connectivity index (χ2v) is 5.10. The molecule has 4 nitrogen and oxygen atoms in total. The van der Waals surface area contributed by atoms with Gasteiger partial charge in [0.05, 0.1) is 0 Å². The average Bonchev–Trinajstić information content (AvgIpc) is 2.39. The third-order valence-corrected chi connectivity index (χ3v) is 3.95. The van der Waals surface area contributed by atoms with Crippen molar-refractivity contribution in [1.29, 1.82) is 0 Å². The maximum Gasteiger partial charge on any atom is 0.144 e. The van der Waals surface area contributed by atoms with Crippen molar-refractivity contribution in [3.8, 4) is 0 Å². The Labute approximate surface area is 108 Å². The van der Waals surface area contributed by atoms with E-state index < -0.39 is 0 Å². The fraction of sp³-hybridized carbons (Fsp3) is 0.571. The van der Waals surface area contributed by atoms with Crippen molar-refractivity contribution in [1.82, 2.24) is 10.3 Å². The number of nitrogens with one attached hydrogen (secondary N) is 1. The van der Waals surface area contributed by atoms with Crippen LogP contribution in [0, 0.1) is 5.41 Å². The fourth-order valence-electron chi connectivity index (χ4n) is 2.68. The standard InChI is InChI=1S/C14H21N3O/c1-2-14(5-3-6-16-10-14)12(18)8-11-4-7-17-13(15)9-11/h4,7,9,16H,2-3,5-6,8,10H2,1H3,(H2,15,17). The van der Waals surface area contributed by atoms with Crippen molar-refractivity contribution in [3.63, 3.8) is 0 Å². The van der Waals surface area contributed by atoms with Gasteiger partial charge in [-0.3, -0.25) is 4.79 Å². The van der Waals surface area contributed by atoms with Gasteiger partial charge in [-0.15, -0.1) is 0 Å². The molecule has 0 aliphatic carbocycles. The summed E-state index contributed by atoms with van der Waals surface area (Å²) in [7, 11) is 0. The van der Waals surface area contributed by atoms with Crippen LogP contribution in [0.3, 0.4) is 0 Å². The maximum atomic E-state index is 12.5. The molecule has 3 N–H and O–H groups in total. The molecule has 1 aliphatic heterocycles. The molecule has 1 fully saturated rings. The summed E-state index contributed by atoms with van der Waals surface area (Å²) in [4.78, 5) is 16.5. The molecule has 1 unspecified atom stereocenters. The molecule has 0 aromatic carbocycles. The SMILES string of the molecule is CCC1(C(=O)Cc2ccnc(N)c2)CCCNC1. The number of pyridine rings is 1. The van der Waals surface area contributed by atoms with E-state index in [1.165, 1.54) is 0 Å². The van der Waals surface area contributed by atoms with Crippen molar-refractivity contribution in [2.75, 3.05) is 18.8 Å². The molecule has 1 aromatic heterocycles. The van der Waals surface area contributed by atoms with Crippen LogP contribution in [0.1, 0.15) is 31.7 Å². The number of hydrogen-bond donors (Lipinski definition) is 2. The zero-order valence-electron chi connectivity index (χ0n) is 10.9. The van der Waals surface area contributed by atoms with Crippen LogP contribution in [0.4, 0.5) is 5.82 Å². The molecule has 0 radical (unpaired) electrons. The predicted octanol–water partition coefficient (Wildman–Crippen LogP) is 1.56. The summed E-state index contributed by atoms with van der Waals surface area (Å²) in [5.41, 5.74) is 6.42. The summed E-state index contributed by atoms with van der Waals surface area (Å²) in [5, 5.41) is 3.35. The van der Waals surface area contributed by atoms with Gasteiger partial charge in [0.2, 0.25) is 0 Å². The Hall–Kier alpha value is -1.42. The number of hydrogen-bond acceptors (Lipinski definition) is 4. The topological polar surface area (TPSA) is 68.0 Å². The number of anilines is 1. The van der Waals surface area contributed by atoms with Crippen LogP contribution in [0.25, 0.3) is 0 Å². The van der Waals surface area contributed by atoms with Gasteiger partial charge in [-0.25, -0.2) is 4.98 Å². The Balaban J connectivity index is 2.10. The van der Waals surface area contributed by atoms with Gasteiger partial charge in [-0.1, -0.05) is 6.92 Å². The van der Waals surface area contributed by atoms with Gasteiger partial charge in [-0.05, 0) is 43.5 Å². The van der Waals surface area contributed by atoms with Crippen LogP contribution in [-0.4, -0.2) is 23.9 Å². The van der Waals surface area contributed by atoms with Crippen molar-refractivity contribution in [3.05, 3.63) is 23.9 Å². The molecule has 0 bridgehead atoms. The number of carbonyl (C=O) groups is 1. The number of Topliss-reactive ketones (excluding diaryl/α,β-unsaturated/α-hetero) is 1. The van der Waals surface area contributed by atoms with E-state index in [2.05, 4.69) is 17.2 Å². The fourth-order valence-corrected chi connectivity index (χ4v) is 2.68. The van der Waals surface area contributed by atoms with E-state index in [1.807, 2.05) is 6.07 Å². The normalized spacial score (nSPS) is 23.8. The lowest BCUT2D eigenvalue weighted by atomic mass is 9.73. The van der Waals surface area contributed by atoms with E-state index in [-0.39, 0.29) is 5.41 Å². The Kier molecular flexibility index (Phi) is 3.97. The highest BCUT2D eigenvalue weighted by Gasteiger charge is 2.37. The van der Waals surface area contributed by atoms with Crippen LogP contribution in [0.15, 0.2) is 18.3 Å². The van der Waals surface area contributed by atoms with Crippen LogP contribution < -0.4 is 11.1 Å². The Morgan fingerprint density at radius 3 is 3.06 bits per heavy atom. The van der Waals surface area contributed by atoms with Gasteiger partial charge in [0, 0.05) is 24.6 Å². The highest BCUT2D eigenvalue weighted by Crippen LogP contribution is 2.32. The summed E-state index contributed by atoms with van der Waals surface area (Å²) >= 11 is 0. The number of carbonyl (C=O) groups excluding carboxylic acids is 1. The van der Waals surface area contributed by atoms with Gasteiger partial charge in [-0.2, -0.15) is 0 Å². The first-order valence-corrected chi connectivity index (χ1v) is 6.61. The lowest BCUT2D eigenvalue weighted by Crippen LogP contribution is -2.45. The summed E-state index contributed by atoms with van der Waals surface area (Å²) < 4.78 is 0. The number of nitrogen functional groups attached to an aromatic ring is 1. The molecule has 4 heteroatoms. The lowest BCUT2D eigenvalue weighted by Gasteiger charge is -2.35. The number of nitrogens with two attached hydrogens (primary N) is 1. The maximum absolute atomic E-state index is 12.5. The lowest BCUT2D eigenvalue weighted by molar-refractivity contribution is -0.129. The summed E-state index contributed by atoms with van der Waals surface area (Å²) in [5.74, 6) is 0.801. The molecule has 1 saturated heterocycles. The Bertz CT molecular complexity index is 425. The minimum Gasteiger partial charge on any atom is -0.384 e. The van der Waals surface area contributed by atoms with E-state index >= 15 is 0 Å². The highest BCUT2D eigenvalue weighted by atomic mass is 16.1. The highest BCUT2D eigenvalue weighted by molar-refractivity contribution is 5.87. The minimum atomic E-state index is -0.184. The summed E-state index contributed by atoms with van der Waals surface area (Å²) in [6.45, 7) is 3.94. The second kappa shape index (κ2) is 5.48. The molecule has 0 amide bonds. The van der Waals surface area contributed by atoms with E-state index in [1.54, 1.807) is 12.3 Å². The smallest absolute Gasteiger partial charge is 0.144 e. The molecule has 18 heavy (non-hydrogen) atoms. The van der Waals surface area contributed by atoms with Crippen LogP contribution >= 0.6 is 0 Å². The number of aromatic nitrogens is 1. The van der Waals surface area contributed by atoms with Crippen molar-refractivity contribution in [2.45, 2.75) is 32.6 Å². The minimum absolute atomic E-state index is 0.184. The first-order chi connectivity index (χ1) is 8.66. The van der Waals surface area contributed by atoms with Crippen molar-refractivity contribution in [2.24, 2.45) is 5.41 Å². The molecule has 1 aliphatic rings. The molecule has 0 spiro atoms. The van der Waals surface area contributed by atoms with Gasteiger partial charge >= 0.3 is 0 Å². The molecule has 98 valence electrons. The average molecular weight is 247 g/mol. The number of ketones is 1.